The molecule has 34 heavy (non-hydrogen) atoms. The molecule has 2 amide bonds. The molecular weight excluding hydrogens is 448 g/mol. The van der Waals surface area contributed by atoms with Crippen molar-refractivity contribution in [2.75, 3.05) is 25.1 Å². The summed E-state index contributed by atoms with van der Waals surface area (Å²) >= 11 is 6.11. The summed E-state index contributed by atoms with van der Waals surface area (Å²) < 4.78 is 5.35. The molecule has 0 unspecified atom stereocenters. The molecule has 5 nitrogen and oxygen atoms in total. The average molecular weight is 477 g/mol. The number of hydrogen-bond acceptors (Lipinski definition) is 3. The van der Waals surface area contributed by atoms with E-state index in [1.54, 1.807) is 23.1 Å². The average Bonchev–Trinajstić information content (AvgIpc) is 2.88. The summed E-state index contributed by atoms with van der Waals surface area (Å²) in [7, 11) is 1.54. The lowest BCUT2D eigenvalue weighted by atomic mass is 9.94. The van der Waals surface area contributed by atoms with Crippen molar-refractivity contribution in [3.8, 4) is 5.75 Å². The predicted octanol–water partition coefficient (Wildman–Crippen LogP) is 5.74. The van der Waals surface area contributed by atoms with Crippen molar-refractivity contribution >= 4 is 29.1 Å². The zero-order chi connectivity index (χ0) is 24.1. The molecule has 1 aliphatic heterocycles. The summed E-state index contributed by atoms with van der Waals surface area (Å²) in [4.78, 5) is 30.4. The minimum atomic E-state index is -0.143. The molecule has 1 aliphatic rings. The number of likely N-dealkylation sites (tertiary alicyclic amines) is 1. The van der Waals surface area contributed by atoms with Crippen molar-refractivity contribution in [1.82, 2.24) is 4.90 Å². The van der Waals surface area contributed by atoms with E-state index in [1.807, 2.05) is 66.4 Å². The third-order valence-electron chi connectivity index (χ3n) is 6.32. The summed E-state index contributed by atoms with van der Waals surface area (Å²) in [5.74, 6) is 0.335. The van der Waals surface area contributed by atoms with Gasteiger partial charge in [0.1, 0.15) is 5.75 Å². The van der Waals surface area contributed by atoms with Crippen LogP contribution in [-0.2, 0) is 11.3 Å². The van der Waals surface area contributed by atoms with Crippen LogP contribution >= 0.6 is 11.6 Å². The molecule has 0 N–H and O–H groups in total. The molecule has 3 aromatic rings. The Hall–Kier alpha value is -3.31. The molecule has 0 atom stereocenters. The Bertz CT molecular complexity index is 1140. The van der Waals surface area contributed by atoms with Gasteiger partial charge in [0.25, 0.3) is 5.91 Å². The number of benzene rings is 3. The Labute approximate surface area is 205 Å². The van der Waals surface area contributed by atoms with E-state index in [0.29, 0.717) is 48.8 Å². The Morgan fingerprint density at radius 1 is 1.00 bits per heavy atom. The molecular formula is C28H29ClN2O3. The van der Waals surface area contributed by atoms with E-state index in [-0.39, 0.29) is 17.7 Å². The number of methoxy groups -OCH3 is 1. The molecule has 1 fully saturated rings. The first-order valence-corrected chi connectivity index (χ1v) is 11.9. The van der Waals surface area contributed by atoms with Crippen LogP contribution in [0.2, 0.25) is 5.02 Å². The first-order valence-electron chi connectivity index (χ1n) is 11.5. The van der Waals surface area contributed by atoms with Gasteiger partial charge in [-0.05, 0) is 55.7 Å². The highest BCUT2D eigenvalue weighted by atomic mass is 35.5. The molecule has 0 radical (unpaired) electrons. The van der Waals surface area contributed by atoms with Gasteiger partial charge in [0.15, 0.2) is 0 Å². The normalized spacial score (nSPS) is 14.0. The number of ether oxygens (including phenoxy) is 1. The van der Waals surface area contributed by atoms with Crippen molar-refractivity contribution in [2.24, 2.45) is 5.92 Å². The molecule has 0 bridgehead atoms. The van der Waals surface area contributed by atoms with Gasteiger partial charge in [-0.2, -0.15) is 0 Å². The number of amides is 2. The summed E-state index contributed by atoms with van der Waals surface area (Å²) in [5, 5.41) is 0.490. The third-order valence-corrected chi connectivity index (χ3v) is 6.55. The molecule has 0 spiro atoms. The van der Waals surface area contributed by atoms with Gasteiger partial charge in [0.2, 0.25) is 5.91 Å². The number of anilines is 1. The minimum absolute atomic E-state index is 0.0974. The Balaban J connectivity index is 1.48. The van der Waals surface area contributed by atoms with E-state index in [9.17, 15) is 9.59 Å². The molecule has 1 saturated heterocycles. The second-order valence-corrected chi connectivity index (χ2v) is 9.09. The summed E-state index contributed by atoms with van der Waals surface area (Å²) in [6.45, 7) is 3.58. The van der Waals surface area contributed by atoms with Crippen LogP contribution in [0.5, 0.6) is 5.75 Å². The van der Waals surface area contributed by atoms with Crippen LogP contribution in [0.4, 0.5) is 5.69 Å². The molecule has 1 heterocycles. The first-order chi connectivity index (χ1) is 16.5. The highest BCUT2D eigenvalue weighted by Crippen LogP contribution is 2.29. The Morgan fingerprint density at radius 3 is 2.32 bits per heavy atom. The van der Waals surface area contributed by atoms with Crippen LogP contribution in [0, 0.1) is 12.8 Å². The van der Waals surface area contributed by atoms with E-state index in [1.165, 1.54) is 7.11 Å². The van der Waals surface area contributed by atoms with Crippen LogP contribution < -0.4 is 9.64 Å². The van der Waals surface area contributed by atoms with Gasteiger partial charge in [0.05, 0.1) is 19.2 Å². The van der Waals surface area contributed by atoms with E-state index < -0.39 is 0 Å². The predicted molar refractivity (Wildman–Crippen MR) is 135 cm³/mol. The Kier molecular flexibility index (Phi) is 7.53. The van der Waals surface area contributed by atoms with Crippen LogP contribution in [-0.4, -0.2) is 36.9 Å². The van der Waals surface area contributed by atoms with E-state index in [4.69, 9.17) is 16.3 Å². The summed E-state index contributed by atoms with van der Waals surface area (Å²) in [6.07, 6.45) is 1.23. The smallest absolute Gasteiger partial charge is 0.257 e. The second-order valence-electron chi connectivity index (χ2n) is 8.66. The van der Waals surface area contributed by atoms with Crippen LogP contribution in [0.1, 0.15) is 34.3 Å². The van der Waals surface area contributed by atoms with Crippen LogP contribution in [0.15, 0.2) is 72.8 Å². The standard InChI is InChI=1S/C28H29ClN2O3/c1-20-8-11-24(12-9-20)31(19-21-6-4-3-5-7-21)27(32)22-14-16-30(17-15-22)28(33)25-18-23(29)10-13-26(25)34-2/h3-13,18,22H,14-17,19H2,1-2H3. The quantitative estimate of drug-likeness (QED) is 0.455. The monoisotopic (exact) mass is 476 g/mol. The van der Waals surface area contributed by atoms with Crippen molar-refractivity contribution in [3.63, 3.8) is 0 Å². The lowest BCUT2D eigenvalue weighted by molar-refractivity contribution is -0.123. The fourth-order valence-corrected chi connectivity index (χ4v) is 4.53. The summed E-state index contributed by atoms with van der Waals surface area (Å²) in [6, 6.07) is 23.1. The SMILES string of the molecule is COc1ccc(Cl)cc1C(=O)N1CCC(C(=O)N(Cc2ccccc2)c2ccc(C)cc2)CC1. The number of hydrogen-bond donors (Lipinski definition) is 0. The molecule has 3 aromatic carbocycles. The molecule has 176 valence electrons. The highest BCUT2D eigenvalue weighted by Gasteiger charge is 2.32. The molecule has 0 aromatic heterocycles. The minimum Gasteiger partial charge on any atom is -0.496 e. The summed E-state index contributed by atoms with van der Waals surface area (Å²) in [5.41, 5.74) is 3.57. The number of piperidine rings is 1. The van der Waals surface area contributed by atoms with Gasteiger partial charge in [-0.3, -0.25) is 9.59 Å². The van der Waals surface area contributed by atoms with Crippen LogP contribution in [0.25, 0.3) is 0 Å². The number of carbonyl (C=O) groups excluding carboxylic acids is 2. The van der Waals surface area contributed by atoms with Gasteiger partial charge in [-0.25, -0.2) is 0 Å². The van der Waals surface area contributed by atoms with E-state index in [2.05, 4.69) is 0 Å². The number of nitrogens with zero attached hydrogens (tertiary/aromatic N) is 2. The maximum atomic E-state index is 13.7. The topological polar surface area (TPSA) is 49.9 Å². The van der Waals surface area contributed by atoms with Crippen LogP contribution in [0.3, 0.4) is 0 Å². The zero-order valence-electron chi connectivity index (χ0n) is 19.5. The molecule has 0 saturated carbocycles. The molecule has 6 heteroatoms. The lowest BCUT2D eigenvalue weighted by Crippen LogP contribution is -2.44. The highest BCUT2D eigenvalue weighted by molar-refractivity contribution is 6.31. The third kappa shape index (κ3) is 5.42. The number of rotatable bonds is 6. The van der Waals surface area contributed by atoms with Crippen molar-refractivity contribution < 1.29 is 14.3 Å². The fourth-order valence-electron chi connectivity index (χ4n) is 4.35. The van der Waals surface area contributed by atoms with Gasteiger partial charge >= 0.3 is 0 Å². The largest absolute Gasteiger partial charge is 0.496 e. The van der Waals surface area contributed by atoms with Gasteiger partial charge in [0, 0.05) is 29.7 Å². The number of aryl methyl sites for hydroxylation is 1. The van der Waals surface area contributed by atoms with Gasteiger partial charge in [-0.15, -0.1) is 0 Å². The Morgan fingerprint density at radius 2 is 1.68 bits per heavy atom. The van der Waals surface area contributed by atoms with Crippen molar-refractivity contribution in [2.45, 2.75) is 26.3 Å². The number of halogens is 1. The molecule has 0 aliphatic carbocycles. The van der Waals surface area contributed by atoms with Crippen molar-refractivity contribution in [3.05, 3.63) is 94.5 Å². The van der Waals surface area contributed by atoms with Crippen molar-refractivity contribution in [1.29, 1.82) is 0 Å². The number of carbonyl (C=O) groups is 2. The van der Waals surface area contributed by atoms with E-state index in [0.717, 1.165) is 16.8 Å². The maximum Gasteiger partial charge on any atom is 0.257 e. The van der Waals surface area contributed by atoms with E-state index >= 15 is 0 Å². The molecule has 4 rings (SSSR count). The second kappa shape index (κ2) is 10.7. The first kappa shape index (κ1) is 23.8. The van der Waals surface area contributed by atoms with Gasteiger partial charge in [-0.1, -0.05) is 59.6 Å². The van der Waals surface area contributed by atoms with Gasteiger partial charge < -0.3 is 14.5 Å². The maximum absolute atomic E-state index is 13.7. The lowest BCUT2D eigenvalue weighted by Gasteiger charge is -2.34. The zero-order valence-corrected chi connectivity index (χ0v) is 20.3. The fraction of sp³-hybridized carbons (Fsp3) is 0.286.